The first-order valence-corrected chi connectivity index (χ1v) is 8.14. The fraction of sp³-hybridized carbons (Fsp3) is 0.167. The van der Waals surface area contributed by atoms with Crippen LogP contribution in [0.2, 0.25) is 0 Å². The van der Waals surface area contributed by atoms with Crippen molar-refractivity contribution in [3.8, 4) is 0 Å². The van der Waals surface area contributed by atoms with E-state index in [1.165, 1.54) is 17.7 Å². The van der Waals surface area contributed by atoms with Gasteiger partial charge < -0.3 is 14.9 Å². The number of hydrogen-bond donors (Lipinski definition) is 2. The second kappa shape index (κ2) is 5.41. The Morgan fingerprint density at radius 2 is 2.08 bits per heavy atom. The van der Waals surface area contributed by atoms with Gasteiger partial charge in [0, 0.05) is 35.8 Å². The summed E-state index contributed by atoms with van der Waals surface area (Å²) >= 11 is 0. The number of anilines is 1. The highest BCUT2D eigenvalue weighted by molar-refractivity contribution is 5.93. The fourth-order valence-electron chi connectivity index (χ4n) is 3.46. The van der Waals surface area contributed by atoms with Crippen molar-refractivity contribution in [2.24, 2.45) is 0 Å². The summed E-state index contributed by atoms with van der Waals surface area (Å²) in [5, 5.41) is 1.05. The van der Waals surface area contributed by atoms with E-state index in [1.54, 1.807) is 12.7 Å². The van der Waals surface area contributed by atoms with Crippen molar-refractivity contribution in [1.82, 2.24) is 24.9 Å². The number of aromatic amines is 2. The summed E-state index contributed by atoms with van der Waals surface area (Å²) in [6.07, 6.45) is 8.25. The van der Waals surface area contributed by atoms with E-state index in [4.69, 9.17) is 0 Å². The van der Waals surface area contributed by atoms with Crippen LogP contribution in [-0.4, -0.2) is 38.0 Å². The van der Waals surface area contributed by atoms with Gasteiger partial charge in [-0.25, -0.2) is 19.3 Å². The van der Waals surface area contributed by atoms with E-state index < -0.39 is 0 Å². The van der Waals surface area contributed by atoms with Crippen LogP contribution in [-0.2, 0) is 0 Å². The third-order valence-corrected chi connectivity index (χ3v) is 4.70. The lowest BCUT2D eigenvalue weighted by Gasteiger charge is -2.27. The number of nitrogens with one attached hydrogen (secondary N) is 2. The Morgan fingerprint density at radius 1 is 1.12 bits per heavy atom. The molecular formula is C18H15FN6. The minimum Gasteiger partial charge on any atom is -0.360 e. The number of H-pyrrole nitrogens is 2. The van der Waals surface area contributed by atoms with Gasteiger partial charge in [0.05, 0.1) is 6.33 Å². The molecule has 0 bridgehead atoms. The lowest BCUT2D eigenvalue weighted by atomic mass is 9.99. The zero-order valence-corrected chi connectivity index (χ0v) is 13.3. The van der Waals surface area contributed by atoms with E-state index in [0.717, 1.165) is 47.3 Å². The first-order valence-electron chi connectivity index (χ1n) is 8.14. The van der Waals surface area contributed by atoms with E-state index >= 15 is 0 Å². The topological polar surface area (TPSA) is 73.5 Å². The predicted molar refractivity (Wildman–Crippen MR) is 94.7 cm³/mol. The third-order valence-electron chi connectivity index (χ3n) is 4.70. The first kappa shape index (κ1) is 14.2. The van der Waals surface area contributed by atoms with Gasteiger partial charge in [0.15, 0.2) is 11.5 Å². The molecule has 6 nitrogen and oxygen atoms in total. The molecule has 3 aromatic heterocycles. The Labute approximate surface area is 142 Å². The number of aromatic nitrogens is 5. The number of nitrogens with zero attached hydrogens (tertiary/aromatic N) is 4. The molecule has 1 aromatic carbocycles. The molecule has 4 aromatic rings. The van der Waals surface area contributed by atoms with Crippen molar-refractivity contribution in [3.05, 3.63) is 54.5 Å². The van der Waals surface area contributed by atoms with Crippen LogP contribution in [0.3, 0.4) is 0 Å². The molecule has 0 spiro atoms. The van der Waals surface area contributed by atoms with Gasteiger partial charge in [0.1, 0.15) is 17.7 Å². The molecule has 0 unspecified atom stereocenters. The molecule has 5 rings (SSSR count). The number of rotatable bonds is 2. The van der Waals surface area contributed by atoms with Gasteiger partial charge in [-0.05, 0) is 30.2 Å². The summed E-state index contributed by atoms with van der Waals surface area (Å²) in [6.45, 7) is 1.61. The van der Waals surface area contributed by atoms with Crippen molar-refractivity contribution in [2.75, 3.05) is 18.0 Å². The summed E-state index contributed by atoms with van der Waals surface area (Å²) in [7, 11) is 0. The van der Waals surface area contributed by atoms with Crippen LogP contribution in [0.4, 0.5) is 10.2 Å². The molecule has 0 saturated heterocycles. The number of hydrogen-bond acceptors (Lipinski definition) is 4. The van der Waals surface area contributed by atoms with E-state index in [9.17, 15) is 4.39 Å². The van der Waals surface area contributed by atoms with E-state index in [0.29, 0.717) is 5.65 Å². The summed E-state index contributed by atoms with van der Waals surface area (Å²) in [5.41, 5.74) is 4.78. The van der Waals surface area contributed by atoms with Crippen LogP contribution in [0.25, 0.3) is 27.6 Å². The predicted octanol–water partition coefficient (Wildman–Crippen LogP) is 3.27. The highest BCUT2D eigenvalue weighted by Gasteiger charge is 2.19. The van der Waals surface area contributed by atoms with Crippen LogP contribution < -0.4 is 4.90 Å². The Morgan fingerprint density at radius 3 is 2.96 bits per heavy atom. The second-order valence-corrected chi connectivity index (χ2v) is 6.12. The maximum absolute atomic E-state index is 13.4. The molecule has 2 N–H and O–H groups in total. The van der Waals surface area contributed by atoms with Gasteiger partial charge in [0.25, 0.3) is 0 Å². The molecular weight excluding hydrogens is 319 g/mol. The van der Waals surface area contributed by atoms with Gasteiger partial charge in [-0.3, -0.25) is 0 Å². The second-order valence-electron chi connectivity index (χ2n) is 6.12. The van der Waals surface area contributed by atoms with Gasteiger partial charge in [0.2, 0.25) is 0 Å². The Balaban J connectivity index is 1.48. The molecule has 124 valence electrons. The van der Waals surface area contributed by atoms with Gasteiger partial charge in [-0.2, -0.15) is 0 Å². The maximum atomic E-state index is 13.4. The summed E-state index contributed by atoms with van der Waals surface area (Å²) in [6, 6.07) is 4.87. The molecule has 7 heteroatoms. The van der Waals surface area contributed by atoms with Crippen molar-refractivity contribution in [3.63, 3.8) is 0 Å². The molecule has 0 amide bonds. The Hall–Kier alpha value is -3.22. The van der Waals surface area contributed by atoms with Crippen LogP contribution in [0, 0.1) is 5.82 Å². The van der Waals surface area contributed by atoms with Crippen molar-refractivity contribution >= 4 is 33.5 Å². The average molecular weight is 334 g/mol. The smallest absolute Gasteiger partial charge is 0.182 e. The first-order chi connectivity index (χ1) is 12.3. The molecule has 4 heterocycles. The zero-order chi connectivity index (χ0) is 16.8. The standard InChI is InChI=1S/C18H15FN6/c19-12-1-2-13-14(8-20-15(13)7-12)11-3-5-25(6-4-11)18-16-17(22-9-21-16)23-10-24-18/h1-3,7-10,20H,4-6H2,(H,21,22,23,24). The number of imidazole rings is 1. The quantitative estimate of drug-likeness (QED) is 0.590. The molecule has 0 radical (unpaired) electrons. The Kier molecular flexibility index (Phi) is 3.06. The number of benzene rings is 1. The zero-order valence-electron chi connectivity index (χ0n) is 13.3. The third kappa shape index (κ3) is 2.27. The monoisotopic (exact) mass is 334 g/mol. The maximum Gasteiger partial charge on any atom is 0.182 e. The Bertz CT molecular complexity index is 1110. The normalized spacial score (nSPS) is 15.1. The lowest BCUT2D eigenvalue weighted by molar-refractivity contribution is 0.629. The van der Waals surface area contributed by atoms with Gasteiger partial charge >= 0.3 is 0 Å². The van der Waals surface area contributed by atoms with Gasteiger partial charge in [-0.15, -0.1) is 0 Å². The molecule has 0 aliphatic carbocycles. The minimum absolute atomic E-state index is 0.225. The SMILES string of the molecule is Fc1ccc2c(C3=CCN(c4ncnc5nc[nH]c45)CC3)c[nH]c2c1. The van der Waals surface area contributed by atoms with Crippen LogP contribution in [0.5, 0.6) is 0 Å². The highest BCUT2D eigenvalue weighted by atomic mass is 19.1. The van der Waals surface area contributed by atoms with Crippen LogP contribution in [0.1, 0.15) is 12.0 Å². The van der Waals surface area contributed by atoms with E-state index in [2.05, 4.69) is 35.9 Å². The van der Waals surface area contributed by atoms with Crippen molar-refractivity contribution < 1.29 is 4.39 Å². The van der Waals surface area contributed by atoms with Crippen LogP contribution >= 0.6 is 0 Å². The van der Waals surface area contributed by atoms with Crippen LogP contribution in [0.15, 0.2) is 43.1 Å². The fourth-order valence-corrected chi connectivity index (χ4v) is 3.46. The molecule has 0 atom stereocenters. The molecule has 1 aliphatic rings. The van der Waals surface area contributed by atoms with E-state index in [-0.39, 0.29) is 5.82 Å². The summed E-state index contributed by atoms with van der Waals surface area (Å²) in [5.74, 6) is 0.649. The van der Waals surface area contributed by atoms with E-state index in [1.807, 2.05) is 12.3 Å². The lowest BCUT2D eigenvalue weighted by Crippen LogP contribution is -2.29. The largest absolute Gasteiger partial charge is 0.360 e. The molecule has 1 aliphatic heterocycles. The summed E-state index contributed by atoms with van der Waals surface area (Å²) < 4.78 is 13.4. The van der Waals surface area contributed by atoms with Gasteiger partial charge in [-0.1, -0.05) is 6.08 Å². The average Bonchev–Trinajstić information content (AvgIpc) is 3.28. The van der Waals surface area contributed by atoms with Crippen molar-refractivity contribution in [2.45, 2.75) is 6.42 Å². The molecule has 0 saturated carbocycles. The van der Waals surface area contributed by atoms with Crippen molar-refractivity contribution in [1.29, 1.82) is 0 Å². The number of fused-ring (bicyclic) bond motifs is 2. The number of halogens is 1. The minimum atomic E-state index is -0.225. The molecule has 25 heavy (non-hydrogen) atoms. The summed E-state index contributed by atoms with van der Waals surface area (Å²) in [4.78, 5) is 21.3. The highest BCUT2D eigenvalue weighted by Crippen LogP contribution is 2.31. The molecule has 0 fully saturated rings.